The van der Waals surface area contributed by atoms with Crippen molar-refractivity contribution in [1.82, 2.24) is 19.8 Å². The Hall–Kier alpha value is -3.33. The van der Waals surface area contributed by atoms with E-state index in [-0.39, 0.29) is 30.3 Å². The first-order valence-electron chi connectivity index (χ1n) is 11.9. The van der Waals surface area contributed by atoms with Gasteiger partial charge in [-0.3, -0.25) is 0 Å². The van der Waals surface area contributed by atoms with Gasteiger partial charge in [0.2, 0.25) is 0 Å². The van der Waals surface area contributed by atoms with Crippen LogP contribution in [0.3, 0.4) is 0 Å². The Balaban J connectivity index is 2.18. The van der Waals surface area contributed by atoms with E-state index in [0.717, 1.165) is 23.8 Å². The highest BCUT2D eigenvalue weighted by Crippen LogP contribution is 2.39. The minimum Gasteiger partial charge on any atom is -0.341 e. The molecule has 2 amide bonds. The standard InChI is InChI=1S/C27H34F3N5O/c1-27(2,3)24(35(26(36)32-4)13-12-20(31)15-28)25-33-23(21-14-19(29)10-11-22(21)30)17-34(25)16-18-8-6-5-7-9-18/h5-11,14,17,20,24H,12-13,15-16,31H2,1-4H3,(H,32,36)/t20-,24+/m1/s1. The van der Waals surface area contributed by atoms with Gasteiger partial charge in [-0.1, -0.05) is 51.1 Å². The molecule has 0 spiro atoms. The number of hydrogen-bond acceptors (Lipinski definition) is 3. The van der Waals surface area contributed by atoms with E-state index in [9.17, 15) is 18.0 Å². The quantitative estimate of drug-likeness (QED) is 0.418. The molecule has 0 fully saturated rings. The lowest BCUT2D eigenvalue weighted by Crippen LogP contribution is -2.47. The fourth-order valence-corrected chi connectivity index (χ4v) is 4.25. The molecular weight excluding hydrogens is 467 g/mol. The molecule has 194 valence electrons. The van der Waals surface area contributed by atoms with E-state index in [1.165, 1.54) is 7.05 Å². The summed E-state index contributed by atoms with van der Waals surface area (Å²) < 4.78 is 43.7. The molecule has 2 atom stereocenters. The first-order valence-corrected chi connectivity index (χ1v) is 11.9. The van der Waals surface area contributed by atoms with Gasteiger partial charge in [-0.15, -0.1) is 0 Å². The van der Waals surface area contributed by atoms with Crippen LogP contribution in [0.25, 0.3) is 11.3 Å². The Labute approximate surface area is 210 Å². The Morgan fingerprint density at radius 1 is 1.17 bits per heavy atom. The molecule has 3 aromatic rings. The number of carbonyl (C=O) groups excluding carboxylic acids is 1. The number of alkyl halides is 1. The van der Waals surface area contributed by atoms with Crippen LogP contribution in [0.15, 0.2) is 54.7 Å². The summed E-state index contributed by atoms with van der Waals surface area (Å²) in [5, 5.41) is 2.66. The van der Waals surface area contributed by atoms with Crippen molar-refractivity contribution in [3.63, 3.8) is 0 Å². The third-order valence-corrected chi connectivity index (χ3v) is 6.00. The number of nitrogens with zero attached hydrogens (tertiary/aromatic N) is 3. The SMILES string of the molecule is CNC(=O)N(CC[C@@H](N)CF)[C@@H](c1nc(-c2cc(F)ccc2F)cn1Cc1ccccc1)C(C)(C)C. The maximum absolute atomic E-state index is 14.7. The summed E-state index contributed by atoms with van der Waals surface area (Å²) in [5.74, 6) is -0.677. The lowest BCUT2D eigenvalue weighted by Gasteiger charge is -2.40. The molecule has 0 saturated heterocycles. The summed E-state index contributed by atoms with van der Waals surface area (Å²) in [6.07, 6.45) is 1.93. The monoisotopic (exact) mass is 501 g/mol. The number of amides is 2. The van der Waals surface area contributed by atoms with Crippen molar-refractivity contribution < 1.29 is 18.0 Å². The number of urea groups is 1. The molecule has 9 heteroatoms. The van der Waals surface area contributed by atoms with Gasteiger partial charge >= 0.3 is 6.03 Å². The number of aromatic nitrogens is 2. The summed E-state index contributed by atoms with van der Waals surface area (Å²) >= 11 is 0. The molecule has 0 unspecified atom stereocenters. The lowest BCUT2D eigenvalue weighted by atomic mass is 9.84. The number of hydrogen-bond donors (Lipinski definition) is 2. The van der Waals surface area contributed by atoms with Crippen LogP contribution in [-0.4, -0.2) is 46.8 Å². The van der Waals surface area contributed by atoms with Crippen molar-refractivity contribution in [1.29, 1.82) is 0 Å². The molecule has 0 aliphatic rings. The molecule has 0 aliphatic carbocycles. The Bertz CT molecular complexity index is 1160. The van der Waals surface area contributed by atoms with Gasteiger partial charge < -0.3 is 20.5 Å². The first-order chi connectivity index (χ1) is 17.0. The molecule has 1 heterocycles. The van der Waals surface area contributed by atoms with E-state index in [1.54, 1.807) is 11.1 Å². The number of halogens is 3. The van der Waals surface area contributed by atoms with Crippen LogP contribution < -0.4 is 11.1 Å². The molecular formula is C27H34F3N5O. The Morgan fingerprint density at radius 3 is 2.47 bits per heavy atom. The van der Waals surface area contributed by atoms with Gasteiger partial charge in [-0.2, -0.15) is 0 Å². The van der Waals surface area contributed by atoms with Gasteiger partial charge in [0.1, 0.15) is 24.1 Å². The molecule has 3 N–H and O–H groups in total. The van der Waals surface area contributed by atoms with Crippen molar-refractivity contribution in [3.05, 3.63) is 77.8 Å². The second kappa shape index (κ2) is 11.6. The van der Waals surface area contributed by atoms with Gasteiger partial charge in [0.25, 0.3) is 0 Å². The third-order valence-electron chi connectivity index (χ3n) is 6.00. The molecule has 3 rings (SSSR count). The molecule has 0 saturated carbocycles. The molecule has 2 aromatic carbocycles. The molecule has 6 nitrogen and oxygen atoms in total. The molecule has 0 radical (unpaired) electrons. The topological polar surface area (TPSA) is 76.2 Å². The average Bonchev–Trinajstić information content (AvgIpc) is 3.24. The molecule has 1 aromatic heterocycles. The number of carbonyl (C=O) groups is 1. The minimum absolute atomic E-state index is 0.0293. The number of benzene rings is 2. The fraction of sp³-hybridized carbons (Fsp3) is 0.407. The molecule has 0 aliphatic heterocycles. The number of nitrogens with two attached hydrogens (primary N) is 1. The van der Waals surface area contributed by atoms with E-state index < -0.39 is 35.8 Å². The first kappa shape index (κ1) is 27.3. The van der Waals surface area contributed by atoms with Gasteiger partial charge in [0, 0.05) is 37.9 Å². The fourth-order valence-electron chi connectivity index (χ4n) is 4.25. The van der Waals surface area contributed by atoms with Crippen LogP contribution in [-0.2, 0) is 6.54 Å². The maximum Gasteiger partial charge on any atom is 0.317 e. The van der Waals surface area contributed by atoms with Gasteiger partial charge in [-0.05, 0) is 35.6 Å². The zero-order valence-electron chi connectivity index (χ0n) is 21.1. The molecule has 36 heavy (non-hydrogen) atoms. The predicted molar refractivity (Wildman–Crippen MR) is 135 cm³/mol. The Morgan fingerprint density at radius 2 is 1.86 bits per heavy atom. The van der Waals surface area contributed by atoms with Crippen LogP contribution in [0.5, 0.6) is 0 Å². The van der Waals surface area contributed by atoms with E-state index in [1.807, 2.05) is 55.7 Å². The van der Waals surface area contributed by atoms with E-state index in [2.05, 4.69) is 5.32 Å². The summed E-state index contributed by atoms with van der Waals surface area (Å²) in [6, 6.07) is 11.2. The highest BCUT2D eigenvalue weighted by molar-refractivity contribution is 5.74. The van der Waals surface area contributed by atoms with Gasteiger partial charge in [-0.25, -0.2) is 22.9 Å². The van der Waals surface area contributed by atoms with Crippen LogP contribution in [0.4, 0.5) is 18.0 Å². The number of nitrogens with one attached hydrogen (secondary N) is 1. The predicted octanol–water partition coefficient (Wildman–Crippen LogP) is 5.29. The third kappa shape index (κ3) is 6.46. The minimum atomic E-state index is -0.709. The van der Waals surface area contributed by atoms with E-state index >= 15 is 0 Å². The smallest absolute Gasteiger partial charge is 0.317 e. The summed E-state index contributed by atoms with van der Waals surface area (Å²) in [7, 11) is 1.52. The average molecular weight is 502 g/mol. The van der Waals surface area contributed by atoms with Crippen LogP contribution >= 0.6 is 0 Å². The second-order valence-corrected chi connectivity index (χ2v) is 9.94. The zero-order chi connectivity index (χ0) is 26.5. The summed E-state index contributed by atoms with van der Waals surface area (Å²) in [5.41, 5.74) is 6.56. The van der Waals surface area contributed by atoms with Crippen LogP contribution in [0.2, 0.25) is 0 Å². The number of rotatable bonds is 9. The van der Waals surface area contributed by atoms with Crippen LogP contribution in [0.1, 0.15) is 44.6 Å². The summed E-state index contributed by atoms with van der Waals surface area (Å²) in [6.45, 7) is 5.78. The van der Waals surface area contributed by atoms with Crippen molar-refractivity contribution in [3.8, 4) is 11.3 Å². The zero-order valence-corrected chi connectivity index (χ0v) is 21.1. The second-order valence-electron chi connectivity index (χ2n) is 9.94. The molecule has 0 bridgehead atoms. The summed E-state index contributed by atoms with van der Waals surface area (Å²) in [4.78, 5) is 19.4. The Kier molecular flexibility index (Phi) is 8.79. The van der Waals surface area contributed by atoms with Gasteiger partial charge in [0.15, 0.2) is 0 Å². The highest BCUT2D eigenvalue weighted by Gasteiger charge is 2.38. The largest absolute Gasteiger partial charge is 0.341 e. The highest BCUT2D eigenvalue weighted by atomic mass is 19.1. The van der Waals surface area contributed by atoms with Crippen molar-refractivity contribution in [2.24, 2.45) is 11.1 Å². The number of imidazole rings is 1. The van der Waals surface area contributed by atoms with Crippen molar-refractivity contribution in [2.45, 2.75) is 45.8 Å². The van der Waals surface area contributed by atoms with Gasteiger partial charge in [0.05, 0.1) is 11.7 Å². The van der Waals surface area contributed by atoms with Crippen molar-refractivity contribution >= 4 is 6.03 Å². The van der Waals surface area contributed by atoms with Crippen LogP contribution in [0, 0.1) is 17.0 Å². The van der Waals surface area contributed by atoms with E-state index in [4.69, 9.17) is 10.7 Å². The lowest BCUT2D eigenvalue weighted by molar-refractivity contribution is 0.106. The van der Waals surface area contributed by atoms with E-state index in [0.29, 0.717) is 12.4 Å². The normalized spacial score (nSPS) is 13.3. The van der Waals surface area contributed by atoms with Crippen molar-refractivity contribution in [2.75, 3.05) is 20.3 Å². The maximum atomic E-state index is 14.7.